The molecule has 0 heterocycles. The number of carboxylic acids is 1. The fourth-order valence-electron chi connectivity index (χ4n) is 5.63. The van der Waals surface area contributed by atoms with Crippen molar-refractivity contribution in [1.29, 1.82) is 0 Å². The summed E-state index contributed by atoms with van der Waals surface area (Å²) in [6.45, 7) is 0. The van der Waals surface area contributed by atoms with Crippen LogP contribution in [0.4, 0.5) is 0 Å². The maximum atomic E-state index is 10.5. The molecule has 0 aliphatic heterocycles. The van der Waals surface area contributed by atoms with Gasteiger partial charge >= 0.3 is 5.97 Å². The third-order valence-electron chi connectivity index (χ3n) is 6.10. The monoisotopic (exact) mass is 312 g/mol. The van der Waals surface area contributed by atoms with Crippen LogP contribution in [0.1, 0.15) is 50.5 Å². The molecule has 4 fully saturated rings. The summed E-state index contributed by atoms with van der Waals surface area (Å²) in [5.74, 6) is 2.80. The van der Waals surface area contributed by atoms with E-state index in [1.165, 1.54) is 56.4 Å². The number of hydrogen-bond acceptors (Lipinski definition) is 2. The van der Waals surface area contributed by atoms with E-state index in [4.69, 9.17) is 9.84 Å². The molecule has 122 valence electrons. The Bertz CT molecular complexity index is 579. The highest BCUT2D eigenvalue weighted by Crippen LogP contribution is 2.60. The van der Waals surface area contributed by atoms with Crippen LogP contribution in [0.2, 0.25) is 0 Å². The van der Waals surface area contributed by atoms with Crippen LogP contribution in [-0.2, 0) is 10.2 Å². The quantitative estimate of drug-likeness (QED) is 0.813. The Kier molecular flexibility index (Phi) is 3.67. The fraction of sp³-hybridized carbons (Fsp3) is 0.550. The van der Waals surface area contributed by atoms with E-state index in [1.54, 1.807) is 0 Å². The Hall–Kier alpha value is -1.77. The van der Waals surface area contributed by atoms with Gasteiger partial charge in [0.2, 0.25) is 0 Å². The van der Waals surface area contributed by atoms with Crippen molar-refractivity contribution in [1.82, 2.24) is 0 Å². The van der Waals surface area contributed by atoms with Crippen LogP contribution in [0, 0.1) is 17.8 Å². The second-order valence-corrected chi connectivity index (χ2v) is 7.81. The van der Waals surface area contributed by atoms with Gasteiger partial charge in [-0.25, -0.2) is 0 Å². The first-order valence-electron chi connectivity index (χ1n) is 8.77. The van der Waals surface area contributed by atoms with Crippen LogP contribution in [-0.4, -0.2) is 11.1 Å². The minimum atomic E-state index is -0.845. The molecular formula is C20H24O3. The standard InChI is InChI=1S/C20H24O3/c21-19(22)2-1-7-23-18-5-3-17(4-6-18)20-11-14-8-15(12-20)10-16(9-14)13-20/h1,3-7,14-16H,2,8-13H2,(H,21,22)/b7-1+. The zero-order valence-electron chi connectivity index (χ0n) is 13.4. The highest BCUT2D eigenvalue weighted by atomic mass is 16.5. The molecule has 0 amide bonds. The first kappa shape index (κ1) is 14.8. The van der Waals surface area contributed by atoms with E-state index < -0.39 is 5.97 Å². The molecule has 0 atom stereocenters. The summed E-state index contributed by atoms with van der Waals surface area (Å²) >= 11 is 0. The summed E-state index contributed by atoms with van der Waals surface area (Å²) in [6.07, 6.45) is 11.5. The van der Waals surface area contributed by atoms with Crippen LogP contribution in [0.3, 0.4) is 0 Å². The highest BCUT2D eigenvalue weighted by Gasteiger charge is 2.51. The van der Waals surface area contributed by atoms with Gasteiger partial charge in [0.05, 0.1) is 12.7 Å². The van der Waals surface area contributed by atoms with Crippen LogP contribution < -0.4 is 4.74 Å². The number of hydrogen-bond donors (Lipinski definition) is 1. The predicted molar refractivity (Wildman–Crippen MR) is 88.3 cm³/mol. The molecule has 0 spiro atoms. The molecular weight excluding hydrogens is 288 g/mol. The molecule has 4 aliphatic rings. The Morgan fingerprint density at radius 1 is 1.09 bits per heavy atom. The van der Waals surface area contributed by atoms with E-state index in [0.29, 0.717) is 5.41 Å². The summed E-state index contributed by atoms with van der Waals surface area (Å²) in [7, 11) is 0. The first-order chi connectivity index (χ1) is 11.1. The lowest BCUT2D eigenvalue weighted by Gasteiger charge is -2.57. The SMILES string of the molecule is O=C(O)C/C=C/Oc1ccc(C23CC4CC(CC(C4)C2)C3)cc1. The van der Waals surface area contributed by atoms with Crippen molar-refractivity contribution in [2.45, 2.75) is 50.4 Å². The Balaban J connectivity index is 1.46. The fourth-order valence-corrected chi connectivity index (χ4v) is 5.63. The predicted octanol–water partition coefficient (Wildman–Crippen LogP) is 4.52. The van der Waals surface area contributed by atoms with Gasteiger partial charge in [0.25, 0.3) is 0 Å². The number of ether oxygens (including phenoxy) is 1. The van der Waals surface area contributed by atoms with Crippen molar-refractivity contribution < 1.29 is 14.6 Å². The van der Waals surface area contributed by atoms with Gasteiger partial charge in [-0.05, 0) is 85.5 Å². The second-order valence-electron chi connectivity index (χ2n) is 7.81. The summed E-state index contributed by atoms with van der Waals surface area (Å²) < 4.78 is 5.49. The Morgan fingerprint density at radius 3 is 2.17 bits per heavy atom. The highest BCUT2D eigenvalue weighted by molar-refractivity contribution is 5.68. The minimum absolute atomic E-state index is 0.00857. The summed E-state index contributed by atoms with van der Waals surface area (Å²) in [6, 6.07) is 8.51. The largest absolute Gasteiger partial charge is 0.481 e. The van der Waals surface area contributed by atoms with Gasteiger partial charge in [0.1, 0.15) is 5.75 Å². The molecule has 23 heavy (non-hydrogen) atoms. The Morgan fingerprint density at radius 2 is 1.65 bits per heavy atom. The molecule has 4 bridgehead atoms. The third kappa shape index (κ3) is 2.89. The number of aliphatic carboxylic acids is 1. The summed E-state index contributed by atoms with van der Waals surface area (Å²) in [5.41, 5.74) is 1.91. The number of carbonyl (C=O) groups is 1. The van der Waals surface area contributed by atoms with Gasteiger partial charge in [0.15, 0.2) is 0 Å². The average molecular weight is 312 g/mol. The zero-order chi connectivity index (χ0) is 15.9. The van der Waals surface area contributed by atoms with E-state index in [-0.39, 0.29) is 6.42 Å². The molecule has 1 N–H and O–H groups in total. The number of carboxylic acid groups (broad SMARTS) is 1. The third-order valence-corrected chi connectivity index (χ3v) is 6.10. The van der Waals surface area contributed by atoms with E-state index in [9.17, 15) is 4.79 Å². The van der Waals surface area contributed by atoms with Crippen molar-refractivity contribution in [2.24, 2.45) is 17.8 Å². The molecule has 5 rings (SSSR count). The lowest BCUT2D eigenvalue weighted by atomic mass is 9.48. The lowest BCUT2D eigenvalue weighted by Crippen LogP contribution is -2.48. The lowest BCUT2D eigenvalue weighted by molar-refractivity contribution is -0.136. The maximum Gasteiger partial charge on any atom is 0.307 e. The summed E-state index contributed by atoms with van der Waals surface area (Å²) in [5, 5.41) is 8.59. The van der Waals surface area contributed by atoms with Crippen molar-refractivity contribution in [2.75, 3.05) is 0 Å². The van der Waals surface area contributed by atoms with Gasteiger partial charge in [-0.15, -0.1) is 0 Å². The maximum absolute atomic E-state index is 10.5. The van der Waals surface area contributed by atoms with E-state index in [2.05, 4.69) is 12.1 Å². The van der Waals surface area contributed by atoms with Crippen LogP contribution in [0.5, 0.6) is 5.75 Å². The number of benzene rings is 1. The van der Waals surface area contributed by atoms with Crippen molar-refractivity contribution in [3.05, 3.63) is 42.2 Å². The van der Waals surface area contributed by atoms with Gasteiger partial charge in [-0.3, -0.25) is 4.79 Å². The zero-order valence-corrected chi connectivity index (χ0v) is 13.4. The van der Waals surface area contributed by atoms with Gasteiger partial charge in [-0.1, -0.05) is 12.1 Å². The molecule has 4 saturated carbocycles. The molecule has 0 saturated heterocycles. The normalized spacial score (nSPS) is 34.9. The molecule has 1 aromatic rings. The van der Waals surface area contributed by atoms with E-state index >= 15 is 0 Å². The van der Waals surface area contributed by atoms with Crippen molar-refractivity contribution in [3.8, 4) is 5.75 Å². The summed E-state index contributed by atoms with van der Waals surface area (Å²) in [4.78, 5) is 10.5. The van der Waals surface area contributed by atoms with Gasteiger partial charge in [0, 0.05) is 0 Å². The molecule has 0 unspecified atom stereocenters. The molecule has 1 aromatic carbocycles. The molecule has 0 radical (unpaired) electrons. The average Bonchev–Trinajstić information content (AvgIpc) is 2.51. The van der Waals surface area contributed by atoms with E-state index in [0.717, 1.165) is 23.5 Å². The Labute approximate surface area is 137 Å². The molecule has 3 heteroatoms. The van der Waals surface area contributed by atoms with Gasteiger partial charge in [-0.2, -0.15) is 0 Å². The topological polar surface area (TPSA) is 46.5 Å². The van der Waals surface area contributed by atoms with Crippen molar-refractivity contribution >= 4 is 5.97 Å². The van der Waals surface area contributed by atoms with Gasteiger partial charge < -0.3 is 9.84 Å². The molecule has 4 aliphatic carbocycles. The second kappa shape index (κ2) is 5.70. The smallest absolute Gasteiger partial charge is 0.307 e. The van der Waals surface area contributed by atoms with Crippen LogP contribution in [0.25, 0.3) is 0 Å². The van der Waals surface area contributed by atoms with Crippen molar-refractivity contribution in [3.63, 3.8) is 0 Å². The first-order valence-corrected chi connectivity index (χ1v) is 8.77. The van der Waals surface area contributed by atoms with Crippen LogP contribution >= 0.6 is 0 Å². The van der Waals surface area contributed by atoms with Crippen LogP contribution in [0.15, 0.2) is 36.6 Å². The molecule has 0 aromatic heterocycles. The number of rotatable bonds is 5. The molecule has 3 nitrogen and oxygen atoms in total. The minimum Gasteiger partial charge on any atom is -0.481 e. The van der Waals surface area contributed by atoms with E-state index in [1.807, 2.05) is 12.1 Å².